The fourth-order valence-electron chi connectivity index (χ4n) is 4.98. The van der Waals surface area contributed by atoms with Crippen LogP contribution in [0, 0.1) is 12.3 Å². The number of sulfonamides is 1. The van der Waals surface area contributed by atoms with E-state index < -0.39 is 46.3 Å². The molecule has 3 saturated carbocycles. The van der Waals surface area contributed by atoms with Crippen molar-refractivity contribution in [2.24, 2.45) is 5.41 Å². The van der Waals surface area contributed by atoms with Gasteiger partial charge in [-0.3, -0.25) is 8.79 Å². The normalized spacial score (nSPS) is 22.5. The van der Waals surface area contributed by atoms with Crippen molar-refractivity contribution < 1.29 is 49.1 Å². The first-order valence-corrected chi connectivity index (χ1v) is 12.5. The van der Waals surface area contributed by atoms with Gasteiger partial charge in [0, 0.05) is 22.7 Å². The first-order chi connectivity index (χ1) is 17.8. The quantitative estimate of drug-likeness (QED) is 0.384. The van der Waals surface area contributed by atoms with Crippen LogP contribution < -0.4 is 10.5 Å². The molecule has 1 aromatic carbocycles. The molecule has 0 aliphatic heterocycles. The SMILES string of the molecule is Cc1ccc(S(=O)(=O)NC23CC(CF)(C2)C3)cc1-c1cnc2c(N)nc(C(F)(F)F)cn12.O=C(O)C(F)(F)F. The van der Waals surface area contributed by atoms with Gasteiger partial charge in [-0.15, -0.1) is 0 Å². The highest BCUT2D eigenvalue weighted by molar-refractivity contribution is 7.89. The zero-order chi connectivity index (χ0) is 29.2. The number of fused-ring (bicyclic) bond motifs is 1. The number of carbonyl (C=O) groups is 1. The van der Waals surface area contributed by atoms with Crippen LogP contribution in [0.2, 0.25) is 0 Å². The van der Waals surface area contributed by atoms with Gasteiger partial charge in [0.15, 0.2) is 17.2 Å². The molecule has 3 aliphatic carbocycles. The molecule has 3 aromatic rings. The number of imidazole rings is 1. The number of anilines is 1. The molecule has 9 nitrogen and oxygen atoms in total. The van der Waals surface area contributed by atoms with E-state index in [1.54, 1.807) is 13.0 Å². The molecule has 0 atom stereocenters. The molecule has 3 fully saturated rings. The number of nitrogens with zero attached hydrogens (tertiary/aromatic N) is 3. The highest BCUT2D eigenvalue weighted by Gasteiger charge is 2.69. The van der Waals surface area contributed by atoms with E-state index in [0.717, 1.165) is 10.6 Å². The van der Waals surface area contributed by atoms with Crippen molar-refractivity contribution >= 4 is 27.5 Å². The average Bonchev–Trinajstić information content (AvgIpc) is 3.19. The van der Waals surface area contributed by atoms with Crippen LogP contribution in [0.4, 0.5) is 36.6 Å². The Morgan fingerprint density at radius 2 is 1.77 bits per heavy atom. The van der Waals surface area contributed by atoms with E-state index in [1.165, 1.54) is 18.3 Å². The molecule has 0 saturated heterocycles. The Bertz CT molecular complexity index is 1550. The smallest absolute Gasteiger partial charge is 0.475 e. The molecular weight excluding hydrogens is 563 g/mol. The lowest BCUT2D eigenvalue weighted by atomic mass is 9.40. The van der Waals surface area contributed by atoms with Crippen molar-refractivity contribution in [1.82, 2.24) is 19.1 Å². The van der Waals surface area contributed by atoms with E-state index in [1.807, 2.05) is 0 Å². The van der Waals surface area contributed by atoms with E-state index in [-0.39, 0.29) is 27.5 Å². The van der Waals surface area contributed by atoms with Gasteiger partial charge in [-0.2, -0.15) is 26.3 Å². The first-order valence-electron chi connectivity index (χ1n) is 11.0. The number of rotatable bonds is 5. The molecule has 0 spiro atoms. The van der Waals surface area contributed by atoms with Crippen molar-refractivity contribution in [1.29, 1.82) is 0 Å². The molecule has 3 aliphatic rings. The second-order valence-corrected chi connectivity index (χ2v) is 11.4. The van der Waals surface area contributed by atoms with Crippen LogP contribution in [-0.4, -0.2) is 52.3 Å². The van der Waals surface area contributed by atoms with Crippen molar-refractivity contribution in [3.05, 3.63) is 41.9 Å². The van der Waals surface area contributed by atoms with E-state index in [4.69, 9.17) is 15.6 Å². The van der Waals surface area contributed by atoms with E-state index in [9.17, 15) is 39.2 Å². The monoisotopic (exact) mass is 583 g/mol. The predicted molar refractivity (Wildman–Crippen MR) is 122 cm³/mol. The van der Waals surface area contributed by atoms with Gasteiger partial charge < -0.3 is 10.8 Å². The van der Waals surface area contributed by atoms with Crippen LogP contribution in [-0.2, 0) is 21.0 Å². The van der Waals surface area contributed by atoms with Crippen molar-refractivity contribution in [3.8, 4) is 11.3 Å². The standard InChI is InChI=1S/C20H19F4N5O2S.C2HF3O2/c1-11-2-3-12(32(30,31)28-19-7-18(8-19,9-19)10-21)4-13(11)14-5-26-17-16(25)27-15(6-29(14)17)20(22,23)24;3-2(4,5)1(6)7/h2-6,28H,7-10H2,1H3,(H2,25,27);(H,6,7). The number of aliphatic carboxylic acids is 1. The lowest BCUT2D eigenvalue weighted by molar-refractivity contribution is -0.192. The molecular formula is C22H20F7N5O4S. The van der Waals surface area contributed by atoms with Crippen LogP contribution in [0.3, 0.4) is 0 Å². The van der Waals surface area contributed by atoms with E-state index in [0.29, 0.717) is 30.4 Å². The average molecular weight is 583 g/mol. The van der Waals surface area contributed by atoms with Crippen LogP contribution in [0.15, 0.2) is 35.5 Å². The first kappa shape index (κ1) is 28.5. The fraction of sp³-hybridized carbons (Fsp3) is 0.409. The molecule has 17 heteroatoms. The lowest BCUT2D eigenvalue weighted by Crippen LogP contribution is -2.75. The summed E-state index contributed by atoms with van der Waals surface area (Å²) in [6, 6.07) is 4.39. The number of aryl methyl sites for hydroxylation is 1. The topological polar surface area (TPSA) is 140 Å². The molecule has 212 valence electrons. The van der Waals surface area contributed by atoms with E-state index >= 15 is 0 Å². The lowest BCUT2D eigenvalue weighted by Gasteiger charge is -2.69. The molecule has 0 unspecified atom stereocenters. The van der Waals surface area contributed by atoms with Gasteiger partial charge in [0.25, 0.3) is 0 Å². The van der Waals surface area contributed by atoms with Gasteiger partial charge in [-0.25, -0.2) is 27.9 Å². The van der Waals surface area contributed by atoms with Gasteiger partial charge in [0.05, 0.1) is 23.5 Å². The molecule has 4 N–H and O–H groups in total. The largest absolute Gasteiger partial charge is 0.490 e. The van der Waals surface area contributed by atoms with Crippen LogP contribution >= 0.6 is 0 Å². The molecule has 0 amide bonds. The Morgan fingerprint density at radius 3 is 2.28 bits per heavy atom. The maximum Gasteiger partial charge on any atom is 0.490 e. The summed E-state index contributed by atoms with van der Waals surface area (Å²) in [6.07, 6.45) is -6.29. The number of aromatic nitrogens is 3. The van der Waals surface area contributed by atoms with E-state index in [2.05, 4.69) is 14.7 Å². The minimum Gasteiger partial charge on any atom is -0.475 e. The number of hydrogen-bond acceptors (Lipinski definition) is 6. The summed E-state index contributed by atoms with van der Waals surface area (Å²) in [5, 5.41) is 7.12. The van der Waals surface area contributed by atoms with Gasteiger partial charge in [0.2, 0.25) is 10.0 Å². The zero-order valence-corrected chi connectivity index (χ0v) is 20.7. The van der Waals surface area contributed by atoms with Crippen molar-refractivity contribution in [2.45, 2.75) is 49.0 Å². The van der Waals surface area contributed by atoms with Gasteiger partial charge in [-0.05, 0) is 43.9 Å². The summed E-state index contributed by atoms with van der Waals surface area (Å²) in [6.45, 7) is 1.25. The summed E-state index contributed by atoms with van der Waals surface area (Å²) in [5.74, 6) is -3.15. The summed E-state index contributed by atoms with van der Waals surface area (Å²) in [7, 11) is -3.92. The molecule has 2 aromatic heterocycles. The van der Waals surface area contributed by atoms with Crippen molar-refractivity contribution in [2.75, 3.05) is 12.4 Å². The highest BCUT2D eigenvalue weighted by Crippen LogP contribution is 2.67. The summed E-state index contributed by atoms with van der Waals surface area (Å²) in [4.78, 5) is 16.3. The number of carboxylic acids is 1. The predicted octanol–water partition coefficient (Wildman–Crippen LogP) is 4.11. The maximum atomic E-state index is 13.2. The highest BCUT2D eigenvalue weighted by atomic mass is 32.2. The minimum absolute atomic E-state index is 0.0316. The summed E-state index contributed by atoms with van der Waals surface area (Å²) >= 11 is 0. The maximum absolute atomic E-state index is 13.2. The van der Waals surface area contributed by atoms with Crippen molar-refractivity contribution in [3.63, 3.8) is 0 Å². The number of halogens is 7. The number of nitrogens with two attached hydrogens (primary N) is 1. The Kier molecular flexibility index (Phi) is 6.61. The number of hydrogen-bond donors (Lipinski definition) is 3. The van der Waals surface area contributed by atoms with Crippen LogP contribution in [0.25, 0.3) is 16.9 Å². The van der Waals surface area contributed by atoms with Crippen LogP contribution in [0.1, 0.15) is 30.5 Å². The zero-order valence-electron chi connectivity index (χ0n) is 19.9. The third-order valence-electron chi connectivity index (χ3n) is 6.62. The number of benzene rings is 1. The summed E-state index contributed by atoms with van der Waals surface area (Å²) in [5.41, 5.74) is 4.79. The molecule has 2 bridgehead atoms. The number of nitrogen functional groups attached to an aromatic ring is 1. The summed E-state index contributed by atoms with van der Waals surface area (Å²) < 4.78 is 114. The third-order valence-corrected chi connectivity index (χ3v) is 8.20. The fourth-order valence-corrected chi connectivity index (χ4v) is 6.41. The third kappa shape index (κ3) is 5.24. The Balaban J connectivity index is 0.000000448. The molecule has 2 heterocycles. The second kappa shape index (κ2) is 9.04. The molecule has 0 radical (unpaired) electrons. The molecule has 39 heavy (non-hydrogen) atoms. The second-order valence-electron chi connectivity index (χ2n) is 9.68. The van der Waals surface area contributed by atoms with Gasteiger partial charge >= 0.3 is 18.3 Å². The Morgan fingerprint density at radius 1 is 1.18 bits per heavy atom. The Hall–Kier alpha value is -3.47. The number of nitrogens with one attached hydrogen (secondary N) is 1. The number of alkyl halides is 7. The number of carboxylic acid groups (broad SMARTS) is 1. The Labute approximate surface area is 215 Å². The van der Waals surface area contributed by atoms with Gasteiger partial charge in [-0.1, -0.05) is 6.07 Å². The van der Waals surface area contributed by atoms with Gasteiger partial charge in [0.1, 0.15) is 0 Å². The minimum atomic E-state index is -5.08. The molecule has 6 rings (SSSR count). The van der Waals surface area contributed by atoms with Crippen LogP contribution in [0.5, 0.6) is 0 Å².